The van der Waals surface area contributed by atoms with Gasteiger partial charge in [0, 0.05) is 16.6 Å². The number of nitrogens with two attached hydrogens (primary N) is 1. The van der Waals surface area contributed by atoms with Gasteiger partial charge in [-0.15, -0.1) is 11.3 Å². The summed E-state index contributed by atoms with van der Waals surface area (Å²) in [5, 5.41) is 1.92. The SMILES string of the molecule is CC(Cc1cccs1)NS(=O)(=O)c1cc(N)cc(Br)c1F. The Morgan fingerprint density at radius 3 is 2.81 bits per heavy atom. The smallest absolute Gasteiger partial charge is 0.243 e. The lowest BCUT2D eigenvalue weighted by molar-refractivity contribution is 0.541. The van der Waals surface area contributed by atoms with Crippen LogP contribution < -0.4 is 10.5 Å². The van der Waals surface area contributed by atoms with E-state index in [4.69, 9.17) is 5.73 Å². The third-order valence-corrected chi connectivity index (χ3v) is 5.81. The lowest BCUT2D eigenvalue weighted by Gasteiger charge is -2.14. The highest BCUT2D eigenvalue weighted by atomic mass is 79.9. The Balaban J connectivity index is 2.22. The van der Waals surface area contributed by atoms with Crippen LogP contribution in [0.1, 0.15) is 11.8 Å². The van der Waals surface area contributed by atoms with Gasteiger partial charge >= 0.3 is 0 Å². The van der Waals surface area contributed by atoms with E-state index in [0.29, 0.717) is 6.42 Å². The van der Waals surface area contributed by atoms with Gasteiger partial charge in [0.1, 0.15) is 4.90 Å². The van der Waals surface area contributed by atoms with Crippen LogP contribution in [-0.2, 0) is 16.4 Å². The van der Waals surface area contributed by atoms with Crippen molar-refractivity contribution in [1.29, 1.82) is 0 Å². The fourth-order valence-electron chi connectivity index (χ4n) is 1.88. The number of anilines is 1. The Morgan fingerprint density at radius 1 is 1.48 bits per heavy atom. The zero-order chi connectivity index (χ0) is 15.6. The van der Waals surface area contributed by atoms with Crippen molar-refractivity contribution >= 4 is 43.0 Å². The van der Waals surface area contributed by atoms with E-state index in [-0.39, 0.29) is 16.2 Å². The molecule has 0 fully saturated rings. The monoisotopic (exact) mass is 392 g/mol. The maximum absolute atomic E-state index is 14.0. The summed E-state index contributed by atoms with van der Waals surface area (Å²) in [6.45, 7) is 1.73. The number of halogens is 2. The van der Waals surface area contributed by atoms with E-state index < -0.39 is 20.7 Å². The average Bonchev–Trinajstić information content (AvgIpc) is 2.85. The molecule has 0 saturated heterocycles. The van der Waals surface area contributed by atoms with Crippen molar-refractivity contribution < 1.29 is 12.8 Å². The van der Waals surface area contributed by atoms with Crippen molar-refractivity contribution in [2.45, 2.75) is 24.3 Å². The number of benzene rings is 1. The number of rotatable bonds is 5. The summed E-state index contributed by atoms with van der Waals surface area (Å²) in [7, 11) is -3.97. The first-order chi connectivity index (χ1) is 9.79. The Bertz CT molecular complexity index is 733. The molecule has 2 rings (SSSR count). The van der Waals surface area contributed by atoms with Crippen LogP contribution in [-0.4, -0.2) is 14.5 Å². The lowest BCUT2D eigenvalue weighted by atomic mass is 10.2. The molecule has 0 bridgehead atoms. The predicted molar refractivity (Wildman–Crippen MR) is 86.3 cm³/mol. The summed E-state index contributed by atoms with van der Waals surface area (Å²) in [5.74, 6) is -0.847. The van der Waals surface area contributed by atoms with Crippen molar-refractivity contribution in [3.8, 4) is 0 Å². The molecule has 0 radical (unpaired) electrons. The zero-order valence-electron chi connectivity index (χ0n) is 11.1. The third-order valence-electron chi connectivity index (χ3n) is 2.75. The summed E-state index contributed by atoms with van der Waals surface area (Å²) >= 11 is 4.50. The first kappa shape index (κ1) is 16.4. The maximum Gasteiger partial charge on any atom is 0.243 e. The Kier molecular flexibility index (Phi) is 5.03. The van der Waals surface area contributed by atoms with Gasteiger partial charge in [-0.1, -0.05) is 6.07 Å². The Morgan fingerprint density at radius 2 is 2.19 bits per heavy atom. The molecule has 8 heteroatoms. The molecule has 1 aromatic heterocycles. The van der Waals surface area contributed by atoms with Crippen molar-refractivity contribution in [3.63, 3.8) is 0 Å². The summed E-state index contributed by atoms with van der Waals surface area (Å²) in [6.07, 6.45) is 0.544. The molecule has 114 valence electrons. The minimum atomic E-state index is -3.97. The van der Waals surface area contributed by atoms with E-state index in [1.165, 1.54) is 6.07 Å². The van der Waals surface area contributed by atoms with E-state index in [1.54, 1.807) is 18.3 Å². The number of thiophene rings is 1. The number of hydrogen-bond acceptors (Lipinski definition) is 4. The molecule has 0 amide bonds. The molecule has 1 heterocycles. The normalized spacial score (nSPS) is 13.3. The predicted octanol–water partition coefficient (Wildman–Crippen LogP) is 3.14. The fourth-order valence-corrected chi connectivity index (χ4v) is 4.70. The van der Waals surface area contributed by atoms with Gasteiger partial charge in [-0.3, -0.25) is 0 Å². The molecule has 1 aromatic carbocycles. The Hall–Kier alpha value is -0.960. The molecule has 0 saturated carbocycles. The molecule has 0 aliphatic rings. The van der Waals surface area contributed by atoms with Crippen molar-refractivity contribution in [2.24, 2.45) is 0 Å². The summed E-state index contributed by atoms with van der Waals surface area (Å²) < 4.78 is 41.0. The fraction of sp³-hybridized carbons (Fsp3) is 0.231. The van der Waals surface area contributed by atoms with E-state index in [0.717, 1.165) is 10.9 Å². The average molecular weight is 393 g/mol. The van der Waals surface area contributed by atoms with Crippen molar-refractivity contribution in [1.82, 2.24) is 4.72 Å². The zero-order valence-corrected chi connectivity index (χ0v) is 14.4. The molecule has 1 atom stereocenters. The molecule has 2 aromatic rings. The van der Waals surface area contributed by atoms with Gasteiger partial charge in [0.2, 0.25) is 10.0 Å². The van der Waals surface area contributed by atoms with Crippen LogP contribution in [0.2, 0.25) is 0 Å². The number of nitrogens with one attached hydrogen (secondary N) is 1. The van der Waals surface area contributed by atoms with E-state index in [1.807, 2.05) is 17.5 Å². The lowest BCUT2D eigenvalue weighted by Crippen LogP contribution is -2.34. The summed E-state index contributed by atoms with van der Waals surface area (Å²) in [4.78, 5) is 0.604. The van der Waals surface area contributed by atoms with Gasteiger partial charge < -0.3 is 5.73 Å². The van der Waals surface area contributed by atoms with Gasteiger partial charge in [-0.2, -0.15) is 0 Å². The van der Waals surface area contributed by atoms with Crippen LogP contribution in [0, 0.1) is 5.82 Å². The maximum atomic E-state index is 14.0. The first-order valence-electron chi connectivity index (χ1n) is 6.09. The van der Waals surface area contributed by atoms with Gasteiger partial charge in [-0.25, -0.2) is 17.5 Å². The van der Waals surface area contributed by atoms with Crippen LogP contribution in [0.3, 0.4) is 0 Å². The van der Waals surface area contributed by atoms with E-state index >= 15 is 0 Å². The van der Waals surface area contributed by atoms with Gasteiger partial charge in [0.05, 0.1) is 4.47 Å². The minimum absolute atomic E-state index is 0.0220. The second kappa shape index (κ2) is 6.43. The summed E-state index contributed by atoms with van der Waals surface area (Å²) in [5.41, 5.74) is 5.75. The highest BCUT2D eigenvalue weighted by Gasteiger charge is 2.23. The van der Waals surface area contributed by atoms with Crippen molar-refractivity contribution in [3.05, 3.63) is 44.8 Å². The largest absolute Gasteiger partial charge is 0.399 e. The molecule has 0 aliphatic carbocycles. The van der Waals surface area contributed by atoms with E-state index in [2.05, 4.69) is 20.7 Å². The quantitative estimate of drug-likeness (QED) is 0.767. The second-order valence-corrected chi connectivity index (χ2v) is 8.19. The third kappa shape index (κ3) is 4.03. The van der Waals surface area contributed by atoms with Crippen LogP contribution >= 0.6 is 27.3 Å². The first-order valence-corrected chi connectivity index (χ1v) is 9.24. The van der Waals surface area contributed by atoms with Crippen LogP contribution in [0.4, 0.5) is 10.1 Å². The van der Waals surface area contributed by atoms with Crippen LogP contribution in [0.15, 0.2) is 39.0 Å². The van der Waals surface area contributed by atoms with Gasteiger partial charge in [0.15, 0.2) is 5.82 Å². The van der Waals surface area contributed by atoms with Gasteiger partial charge in [0.25, 0.3) is 0 Å². The highest BCUT2D eigenvalue weighted by molar-refractivity contribution is 9.10. The van der Waals surface area contributed by atoms with E-state index in [9.17, 15) is 12.8 Å². The minimum Gasteiger partial charge on any atom is -0.399 e. The molecule has 1 unspecified atom stereocenters. The topological polar surface area (TPSA) is 72.2 Å². The Labute approximate surface area is 135 Å². The molecular formula is C13H14BrFN2O2S2. The molecule has 3 N–H and O–H groups in total. The molecule has 21 heavy (non-hydrogen) atoms. The number of hydrogen-bond donors (Lipinski definition) is 2. The van der Waals surface area contributed by atoms with Crippen LogP contribution in [0.5, 0.6) is 0 Å². The van der Waals surface area contributed by atoms with Gasteiger partial charge in [-0.05, 0) is 52.9 Å². The standard InChI is InChI=1S/C13H14BrFN2O2S2/c1-8(5-10-3-2-4-20-10)17-21(18,19)12-7-9(16)6-11(14)13(12)15/h2-4,6-8,17H,5,16H2,1H3. The number of nitrogen functional groups attached to an aromatic ring is 1. The molecule has 0 aliphatic heterocycles. The molecule has 4 nitrogen and oxygen atoms in total. The van der Waals surface area contributed by atoms with Crippen molar-refractivity contribution in [2.75, 3.05) is 5.73 Å². The molecular weight excluding hydrogens is 379 g/mol. The number of sulfonamides is 1. The summed E-state index contributed by atoms with van der Waals surface area (Å²) in [6, 6.07) is 5.90. The second-order valence-electron chi connectivity index (χ2n) is 4.62. The van der Waals surface area contributed by atoms with Crippen LogP contribution in [0.25, 0.3) is 0 Å². The molecule has 0 spiro atoms. The highest BCUT2D eigenvalue weighted by Crippen LogP contribution is 2.26.